The maximum atomic E-state index is 9.61. The molecule has 0 atom stereocenters. The average molecular weight is 255 g/mol. The molecule has 0 fully saturated rings. The first-order valence-electron chi connectivity index (χ1n) is 6.03. The number of rotatable bonds is 3. The van der Waals surface area contributed by atoms with E-state index >= 15 is 0 Å². The number of aromatic nitrogens is 3. The number of phenolic OH excluding ortho intramolecular Hbond substituents is 1. The van der Waals surface area contributed by atoms with Crippen LogP contribution < -0.4 is 0 Å². The lowest BCUT2D eigenvalue weighted by Gasteiger charge is -2.07. The van der Waals surface area contributed by atoms with Gasteiger partial charge in [0.25, 0.3) is 0 Å². The Morgan fingerprint density at radius 2 is 1.68 bits per heavy atom. The average Bonchev–Trinajstić information content (AvgIpc) is 2.84. The molecule has 3 rings (SSSR count). The van der Waals surface area contributed by atoms with E-state index in [1.807, 2.05) is 24.3 Å². The lowest BCUT2D eigenvalue weighted by Crippen LogP contribution is -2.04. The number of nitrogens with zero attached hydrogens (tertiary/aromatic N) is 3. The van der Waals surface area contributed by atoms with Crippen LogP contribution in [-0.4, -0.2) is 31.8 Å². The molecule has 0 saturated carbocycles. The van der Waals surface area contributed by atoms with Gasteiger partial charge in [0.2, 0.25) is 0 Å². The highest BCUT2D eigenvalue weighted by Crippen LogP contribution is 2.21. The molecule has 0 spiro atoms. The molecule has 0 aliphatic rings. The van der Waals surface area contributed by atoms with Crippen LogP contribution in [0.15, 0.2) is 42.5 Å². The first-order chi connectivity index (χ1) is 9.28. The minimum absolute atomic E-state index is 0.0402. The van der Waals surface area contributed by atoms with Crippen LogP contribution >= 0.6 is 0 Å². The van der Waals surface area contributed by atoms with Crippen LogP contribution in [0.5, 0.6) is 5.75 Å². The van der Waals surface area contributed by atoms with Crippen molar-refractivity contribution in [3.63, 3.8) is 0 Å². The van der Waals surface area contributed by atoms with Crippen molar-refractivity contribution in [3.8, 4) is 11.4 Å². The van der Waals surface area contributed by atoms with E-state index in [2.05, 4.69) is 10.2 Å². The Hall–Kier alpha value is -2.40. The van der Waals surface area contributed by atoms with Gasteiger partial charge in [-0.1, -0.05) is 18.2 Å². The van der Waals surface area contributed by atoms with Gasteiger partial charge >= 0.3 is 0 Å². The molecule has 2 N–H and O–H groups in total. The number of fused-ring (bicyclic) bond motifs is 1. The summed E-state index contributed by atoms with van der Waals surface area (Å²) in [6, 6.07) is 12.5. The molecule has 0 aliphatic heterocycles. The molecule has 5 heteroatoms. The predicted molar refractivity (Wildman–Crippen MR) is 71.3 cm³/mol. The Bertz CT molecular complexity index is 689. The van der Waals surface area contributed by atoms with E-state index in [0.29, 0.717) is 12.1 Å². The zero-order valence-electron chi connectivity index (χ0n) is 10.2. The Morgan fingerprint density at radius 3 is 2.32 bits per heavy atom. The van der Waals surface area contributed by atoms with E-state index in [1.54, 1.807) is 18.2 Å². The summed E-state index contributed by atoms with van der Waals surface area (Å²) in [4.78, 5) is 1.50. The standard InChI is InChI=1S/C14H13N3O2/c18-8-7-10-5-6-11(19)9-14(10)17-15-12-3-1-2-4-13(12)16-17/h1-6,9,18-19H,7-8H2. The highest BCUT2D eigenvalue weighted by atomic mass is 16.3. The Labute approximate surface area is 109 Å². The second-order valence-corrected chi connectivity index (χ2v) is 4.26. The first-order valence-corrected chi connectivity index (χ1v) is 6.03. The third kappa shape index (κ3) is 2.15. The highest BCUT2D eigenvalue weighted by Gasteiger charge is 2.09. The molecule has 0 unspecified atom stereocenters. The van der Waals surface area contributed by atoms with Gasteiger partial charge in [0.15, 0.2) is 0 Å². The fourth-order valence-electron chi connectivity index (χ4n) is 2.04. The van der Waals surface area contributed by atoms with Gasteiger partial charge in [0.05, 0.1) is 5.69 Å². The van der Waals surface area contributed by atoms with Gasteiger partial charge in [-0.2, -0.15) is 0 Å². The quantitative estimate of drug-likeness (QED) is 0.746. The minimum atomic E-state index is 0.0402. The largest absolute Gasteiger partial charge is 0.508 e. The summed E-state index contributed by atoms with van der Waals surface area (Å²) >= 11 is 0. The lowest BCUT2D eigenvalue weighted by molar-refractivity contribution is 0.299. The third-order valence-corrected chi connectivity index (χ3v) is 2.95. The number of hydrogen-bond donors (Lipinski definition) is 2. The van der Waals surface area contributed by atoms with Gasteiger partial charge in [0, 0.05) is 12.7 Å². The number of aliphatic hydroxyl groups is 1. The monoisotopic (exact) mass is 255 g/mol. The van der Waals surface area contributed by atoms with Crippen LogP contribution in [0.2, 0.25) is 0 Å². The number of benzene rings is 2. The molecule has 0 bridgehead atoms. The van der Waals surface area contributed by atoms with Crippen molar-refractivity contribution in [2.45, 2.75) is 6.42 Å². The lowest BCUT2D eigenvalue weighted by atomic mass is 10.1. The molecule has 0 amide bonds. The van der Waals surface area contributed by atoms with Crippen LogP contribution in [0.1, 0.15) is 5.56 Å². The van der Waals surface area contributed by atoms with Crippen molar-refractivity contribution in [2.75, 3.05) is 6.61 Å². The van der Waals surface area contributed by atoms with Gasteiger partial charge in [-0.05, 0) is 30.2 Å². The summed E-state index contributed by atoms with van der Waals surface area (Å²) in [6.45, 7) is 0.0402. The number of aliphatic hydroxyl groups excluding tert-OH is 1. The first kappa shape index (κ1) is 11.7. The summed E-state index contributed by atoms with van der Waals surface area (Å²) in [5, 5.41) is 27.5. The molecular formula is C14H13N3O2. The van der Waals surface area contributed by atoms with Gasteiger partial charge in [-0.25, -0.2) is 0 Å². The number of hydrogen-bond acceptors (Lipinski definition) is 4. The Kier molecular flexibility index (Phi) is 2.89. The molecule has 0 saturated heterocycles. The van der Waals surface area contributed by atoms with E-state index in [4.69, 9.17) is 5.11 Å². The normalized spacial score (nSPS) is 11.0. The van der Waals surface area contributed by atoms with Gasteiger partial charge < -0.3 is 10.2 Å². The van der Waals surface area contributed by atoms with Crippen LogP contribution in [0.4, 0.5) is 0 Å². The zero-order chi connectivity index (χ0) is 13.2. The van der Waals surface area contributed by atoms with E-state index in [1.165, 1.54) is 4.80 Å². The summed E-state index contributed by atoms with van der Waals surface area (Å²) in [5.74, 6) is 0.151. The van der Waals surface area contributed by atoms with E-state index in [9.17, 15) is 5.11 Å². The van der Waals surface area contributed by atoms with Crippen molar-refractivity contribution in [2.24, 2.45) is 0 Å². The highest BCUT2D eigenvalue weighted by molar-refractivity contribution is 5.73. The smallest absolute Gasteiger partial charge is 0.117 e. The fraction of sp³-hybridized carbons (Fsp3) is 0.143. The summed E-state index contributed by atoms with van der Waals surface area (Å²) < 4.78 is 0. The second-order valence-electron chi connectivity index (χ2n) is 4.26. The van der Waals surface area contributed by atoms with Crippen LogP contribution in [0.25, 0.3) is 16.7 Å². The van der Waals surface area contributed by atoms with Crippen molar-refractivity contribution in [1.82, 2.24) is 15.0 Å². The van der Waals surface area contributed by atoms with Crippen LogP contribution in [-0.2, 0) is 6.42 Å². The second kappa shape index (κ2) is 4.70. The van der Waals surface area contributed by atoms with Gasteiger partial charge in [-0.15, -0.1) is 15.0 Å². The van der Waals surface area contributed by atoms with Gasteiger partial charge in [-0.3, -0.25) is 0 Å². The maximum Gasteiger partial charge on any atom is 0.117 e. The predicted octanol–water partition coefficient (Wildman–Crippen LogP) is 1.66. The molecule has 1 heterocycles. The zero-order valence-corrected chi connectivity index (χ0v) is 10.2. The number of phenols is 1. The summed E-state index contributed by atoms with van der Waals surface area (Å²) in [7, 11) is 0. The molecule has 0 aliphatic carbocycles. The Morgan fingerprint density at radius 1 is 1.00 bits per heavy atom. The Balaban J connectivity index is 2.16. The van der Waals surface area contributed by atoms with Crippen molar-refractivity contribution < 1.29 is 10.2 Å². The van der Waals surface area contributed by atoms with Crippen molar-refractivity contribution in [1.29, 1.82) is 0 Å². The van der Waals surface area contributed by atoms with Crippen LogP contribution in [0.3, 0.4) is 0 Å². The fourth-order valence-corrected chi connectivity index (χ4v) is 2.04. The van der Waals surface area contributed by atoms with Crippen molar-refractivity contribution in [3.05, 3.63) is 48.0 Å². The van der Waals surface area contributed by atoms with Crippen molar-refractivity contribution >= 4 is 11.0 Å². The van der Waals surface area contributed by atoms with Crippen LogP contribution in [0, 0.1) is 0 Å². The molecule has 19 heavy (non-hydrogen) atoms. The molecule has 0 radical (unpaired) electrons. The topological polar surface area (TPSA) is 71.2 Å². The summed E-state index contributed by atoms with van der Waals surface area (Å²) in [5.41, 5.74) is 3.16. The SMILES string of the molecule is OCCc1ccc(O)cc1-n1nc2ccccc2n1. The third-order valence-electron chi connectivity index (χ3n) is 2.95. The number of aromatic hydroxyl groups is 1. The molecular weight excluding hydrogens is 242 g/mol. The van der Waals surface area contributed by atoms with E-state index in [-0.39, 0.29) is 12.4 Å². The molecule has 2 aromatic carbocycles. The minimum Gasteiger partial charge on any atom is -0.508 e. The molecule has 5 nitrogen and oxygen atoms in total. The van der Waals surface area contributed by atoms with Gasteiger partial charge in [0.1, 0.15) is 16.8 Å². The van der Waals surface area contributed by atoms with E-state index < -0.39 is 0 Å². The molecule has 96 valence electrons. The maximum absolute atomic E-state index is 9.61. The molecule has 3 aromatic rings. The summed E-state index contributed by atoms with van der Waals surface area (Å²) in [6.07, 6.45) is 0.494. The molecule has 1 aromatic heterocycles. The van der Waals surface area contributed by atoms with E-state index in [0.717, 1.165) is 16.6 Å².